The molecule has 0 atom stereocenters. The maximum absolute atomic E-state index is 5.34. The van der Waals surface area contributed by atoms with Crippen molar-refractivity contribution in [1.29, 1.82) is 0 Å². The van der Waals surface area contributed by atoms with Crippen LogP contribution in [0.1, 0.15) is 5.56 Å². The number of guanidine groups is 1. The molecule has 0 aliphatic carbocycles. The number of para-hydroxylation sites is 1. The fourth-order valence-electron chi connectivity index (χ4n) is 1.79. The molecule has 4 N–H and O–H groups in total. The molecule has 1 aromatic heterocycles. The Bertz CT molecular complexity index is 557. The predicted octanol–water partition coefficient (Wildman–Crippen LogP) is 0.617. The molecule has 17 heavy (non-hydrogen) atoms. The van der Waals surface area contributed by atoms with Crippen molar-refractivity contribution in [3.05, 3.63) is 42.1 Å². The molecule has 6 nitrogen and oxygen atoms in total. The molecule has 0 spiro atoms. The van der Waals surface area contributed by atoms with E-state index in [9.17, 15) is 0 Å². The summed E-state index contributed by atoms with van der Waals surface area (Å²) in [6, 6.07) is 9.92. The summed E-state index contributed by atoms with van der Waals surface area (Å²) < 4.78 is 1.83. The molecule has 0 radical (unpaired) electrons. The van der Waals surface area contributed by atoms with Gasteiger partial charge in [-0.1, -0.05) is 18.2 Å². The van der Waals surface area contributed by atoms with Crippen LogP contribution in [0.25, 0.3) is 5.69 Å². The molecule has 0 saturated carbocycles. The van der Waals surface area contributed by atoms with Gasteiger partial charge in [-0.3, -0.25) is 5.43 Å². The Morgan fingerprint density at radius 3 is 2.88 bits per heavy atom. The second kappa shape index (κ2) is 3.91. The van der Waals surface area contributed by atoms with Gasteiger partial charge in [-0.05, 0) is 12.1 Å². The Morgan fingerprint density at radius 1 is 1.29 bits per heavy atom. The molecular formula is C11H12N6. The largest absolute Gasteiger partial charge is 0.309 e. The average molecular weight is 228 g/mol. The van der Waals surface area contributed by atoms with Gasteiger partial charge in [-0.25, -0.2) is 15.5 Å². The van der Waals surface area contributed by atoms with E-state index < -0.39 is 0 Å². The van der Waals surface area contributed by atoms with E-state index in [2.05, 4.69) is 20.8 Å². The number of nitrogens with two attached hydrogens (primary N) is 1. The second-order valence-corrected chi connectivity index (χ2v) is 3.70. The van der Waals surface area contributed by atoms with Crippen molar-refractivity contribution < 1.29 is 0 Å². The van der Waals surface area contributed by atoms with Crippen molar-refractivity contribution in [1.82, 2.24) is 15.2 Å². The lowest BCUT2D eigenvalue weighted by Crippen LogP contribution is -2.38. The fourth-order valence-corrected chi connectivity index (χ4v) is 1.79. The molecule has 0 saturated heterocycles. The molecule has 1 aromatic carbocycles. The summed E-state index contributed by atoms with van der Waals surface area (Å²) in [4.78, 5) is 4.21. The van der Waals surface area contributed by atoms with Gasteiger partial charge in [0.2, 0.25) is 5.96 Å². The van der Waals surface area contributed by atoms with Gasteiger partial charge in [0.05, 0.1) is 18.4 Å². The van der Waals surface area contributed by atoms with Crippen molar-refractivity contribution >= 4 is 11.8 Å². The highest BCUT2D eigenvalue weighted by Crippen LogP contribution is 2.23. The zero-order chi connectivity index (χ0) is 11.7. The zero-order valence-electron chi connectivity index (χ0n) is 9.09. The van der Waals surface area contributed by atoms with E-state index in [1.807, 2.05) is 41.2 Å². The van der Waals surface area contributed by atoms with Crippen molar-refractivity contribution in [2.45, 2.75) is 6.54 Å². The number of anilines is 1. The molecule has 2 heterocycles. The maximum Gasteiger partial charge on any atom is 0.211 e. The van der Waals surface area contributed by atoms with Crippen LogP contribution in [0.5, 0.6) is 0 Å². The van der Waals surface area contributed by atoms with Crippen molar-refractivity contribution in [3.8, 4) is 5.69 Å². The van der Waals surface area contributed by atoms with Gasteiger partial charge >= 0.3 is 0 Å². The van der Waals surface area contributed by atoms with Crippen LogP contribution in [-0.4, -0.2) is 15.7 Å². The van der Waals surface area contributed by atoms with Crippen LogP contribution in [-0.2, 0) is 6.54 Å². The van der Waals surface area contributed by atoms with Crippen molar-refractivity contribution in [2.75, 3.05) is 5.32 Å². The highest BCUT2D eigenvalue weighted by molar-refractivity contribution is 5.94. The second-order valence-electron chi connectivity index (χ2n) is 3.70. The third-order valence-corrected chi connectivity index (χ3v) is 2.63. The summed E-state index contributed by atoms with van der Waals surface area (Å²) in [6.45, 7) is 0.578. The molecule has 0 amide bonds. The lowest BCUT2D eigenvalue weighted by molar-refractivity contribution is 0.879. The van der Waals surface area contributed by atoms with Gasteiger partial charge in [0, 0.05) is 5.56 Å². The number of nitrogens with zero attached hydrogens (tertiary/aromatic N) is 3. The van der Waals surface area contributed by atoms with E-state index in [1.165, 1.54) is 0 Å². The summed E-state index contributed by atoms with van der Waals surface area (Å²) in [5.41, 5.74) is 4.56. The normalized spacial score (nSPS) is 13.6. The molecular weight excluding hydrogens is 216 g/mol. The number of rotatable bonds is 1. The first-order valence-corrected chi connectivity index (χ1v) is 5.29. The van der Waals surface area contributed by atoms with E-state index in [0.29, 0.717) is 12.5 Å². The van der Waals surface area contributed by atoms with Gasteiger partial charge in [-0.15, -0.1) is 0 Å². The quantitative estimate of drug-likeness (QED) is 0.493. The molecule has 0 bridgehead atoms. The van der Waals surface area contributed by atoms with Gasteiger partial charge in [0.1, 0.15) is 5.82 Å². The molecule has 1 aliphatic heterocycles. The Kier molecular flexibility index (Phi) is 2.27. The highest BCUT2D eigenvalue weighted by Gasteiger charge is 2.17. The van der Waals surface area contributed by atoms with Crippen LogP contribution < -0.4 is 16.6 Å². The van der Waals surface area contributed by atoms with Gasteiger partial charge in [0.15, 0.2) is 0 Å². The van der Waals surface area contributed by atoms with Crippen molar-refractivity contribution in [3.63, 3.8) is 0 Å². The van der Waals surface area contributed by atoms with E-state index in [1.54, 1.807) is 0 Å². The standard InChI is InChI=1S/C11H12N6/c12-16-11-13-6-8-7-14-17(10(8)15-11)9-4-2-1-3-5-9/h1-5,7H,6,12H2,(H2,13,15,16). The topological polar surface area (TPSA) is 80.3 Å². The maximum atomic E-state index is 5.34. The number of hydrazine groups is 1. The van der Waals surface area contributed by atoms with Crippen LogP contribution in [0, 0.1) is 0 Å². The smallest absolute Gasteiger partial charge is 0.211 e. The van der Waals surface area contributed by atoms with E-state index >= 15 is 0 Å². The van der Waals surface area contributed by atoms with E-state index in [-0.39, 0.29) is 0 Å². The Balaban J connectivity index is 2.03. The van der Waals surface area contributed by atoms with E-state index in [4.69, 9.17) is 5.84 Å². The number of aliphatic imine (C=N–C) groups is 1. The van der Waals surface area contributed by atoms with E-state index in [0.717, 1.165) is 17.1 Å². The van der Waals surface area contributed by atoms with Crippen LogP contribution in [0.4, 0.5) is 5.82 Å². The number of hydrogen-bond acceptors (Lipinski definition) is 5. The van der Waals surface area contributed by atoms with Crippen LogP contribution >= 0.6 is 0 Å². The van der Waals surface area contributed by atoms with Crippen LogP contribution in [0.15, 0.2) is 41.5 Å². The first-order valence-electron chi connectivity index (χ1n) is 5.29. The van der Waals surface area contributed by atoms with Gasteiger partial charge < -0.3 is 5.32 Å². The molecule has 3 rings (SSSR count). The fraction of sp³-hybridized carbons (Fsp3) is 0.0909. The number of benzene rings is 1. The number of nitrogens with one attached hydrogen (secondary N) is 2. The molecule has 6 heteroatoms. The van der Waals surface area contributed by atoms with Gasteiger partial charge in [0.25, 0.3) is 0 Å². The summed E-state index contributed by atoms with van der Waals surface area (Å²) >= 11 is 0. The molecule has 2 aromatic rings. The molecule has 0 unspecified atom stereocenters. The van der Waals surface area contributed by atoms with Gasteiger partial charge in [-0.2, -0.15) is 5.10 Å². The minimum absolute atomic E-state index is 0.551. The van der Waals surface area contributed by atoms with Crippen LogP contribution in [0.2, 0.25) is 0 Å². The Labute approximate surface area is 98.1 Å². The SMILES string of the molecule is NNC1=NCc2cnn(-c3ccccc3)c2N1. The average Bonchev–Trinajstić information content (AvgIpc) is 2.82. The highest BCUT2D eigenvalue weighted by atomic mass is 15.4. The third-order valence-electron chi connectivity index (χ3n) is 2.63. The molecule has 86 valence electrons. The van der Waals surface area contributed by atoms with Crippen LogP contribution in [0.3, 0.4) is 0 Å². The number of aromatic nitrogens is 2. The number of hydrogen-bond donors (Lipinski definition) is 3. The lowest BCUT2D eigenvalue weighted by atomic mass is 10.3. The first kappa shape index (κ1) is 9.86. The summed E-state index contributed by atoms with van der Waals surface area (Å²) in [5, 5.41) is 7.46. The Hall–Kier alpha value is -2.34. The van der Waals surface area contributed by atoms with Crippen molar-refractivity contribution in [2.24, 2.45) is 10.8 Å². The summed E-state index contributed by atoms with van der Waals surface area (Å²) in [5.74, 6) is 6.80. The summed E-state index contributed by atoms with van der Waals surface area (Å²) in [6.07, 6.45) is 1.81. The lowest BCUT2D eigenvalue weighted by Gasteiger charge is -2.16. The Morgan fingerprint density at radius 2 is 2.12 bits per heavy atom. The molecule has 0 fully saturated rings. The monoisotopic (exact) mass is 228 g/mol. The first-order chi connectivity index (χ1) is 8.38. The number of fused-ring (bicyclic) bond motifs is 1. The summed E-state index contributed by atoms with van der Waals surface area (Å²) in [7, 11) is 0. The minimum atomic E-state index is 0.551. The minimum Gasteiger partial charge on any atom is -0.309 e. The zero-order valence-corrected chi connectivity index (χ0v) is 9.09. The third kappa shape index (κ3) is 1.64. The molecule has 1 aliphatic rings. The predicted molar refractivity (Wildman–Crippen MR) is 65.6 cm³/mol.